The predicted molar refractivity (Wildman–Crippen MR) is 84.4 cm³/mol. The van der Waals surface area contributed by atoms with E-state index in [4.69, 9.17) is 4.84 Å². The average Bonchev–Trinajstić information content (AvgIpc) is 2.85. The van der Waals surface area contributed by atoms with Crippen molar-refractivity contribution in [3.8, 4) is 0 Å². The van der Waals surface area contributed by atoms with E-state index in [0.29, 0.717) is 18.9 Å². The van der Waals surface area contributed by atoms with Gasteiger partial charge in [-0.2, -0.15) is 0 Å². The summed E-state index contributed by atoms with van der Waals surface area (Å²) in [4.78, 5) is 31.4. The largest absolute Gasteiger partial charge is 0.379 e. The molecule has 0 aromatic rings. The summed E-state index contributed by atoms with van der Waals surface area (Å²) < 4.78 is 0. The van der Waals surface area contributed by atoms with Gasteiger partial charge in [-0.25, -0.2) is 0 Å². The van der Waals surface area contributed by atoms with Crippen LogP contribution in [0.15, 0.2) is 5.16 Å². The smallest absolute Gasteiger partial charge is 0.267 e. The van der Waals surface area contributed by atoms with Crippen molar-refractivity contribution < 1.29 is 14.4 Å². The molecule has 2 amide bonds. The van der Waals surface area contributed by atoms with Gasteiger partial charge in [-0.15, -0.1) is 0 Å². The van der Waals surface area contributed by atoms with Crippen molar-refractivity contribution in [1.29, 1.82) is 0 Å². The molecule has 2 heterocycles. The van der Waals surface area contributed by atoms with E-state index in [2.05, 4.69) is 10.5 Å². The minimum atomic E-state index is -0.863. The number of nitrogens with one attached hydrogen (secondary N) is 1. The van der Waals surface area contributed by atoms with Gasteiger partial charge in [0.2, 0.25) is 11.5 Å². The predicted octanol–water partition coefficient (Wildman–Crippen LogP) is 1.55. The molecule has 2 rings (SSSR count). The molecule has 0 saturated carbocycles. The lowest BCUT2D eigenvalue weighted by Gasteiger charge is -2.33. The van der Waals surface area contributed by atoms with Crippen LogP contribution in [0.3, 0.4) is 0 Å². The Balaban J connectivity index is 1.73. The highest BCUT2D eigenvalue weighted by atomic mass is 16.7. The zero-order chi connectivity index (χ0) is 16.3. The number of oxime groups is 1. The van der Waals surface area contributed by atoms with Crippen LogP contribution in [0.25, 0.3) is 0 Å². The molecule has 1 saturated heterocycles. The third-order valence-electron chi connectivity index (χ3n) is 4.45. The Morgan fingerprint density at radius 2 is 2.05 bits per heavy atom. The molecule has 6 nitrogen and oxygen atoms in total. The molecule has 0 unspecified atom stereocenters. The van der Waals surface area contributed by atoms with Crippen LogP contribution in [0.5, 0.6) is 0 Å². The molecule has 0 aromatic carbocycles. The van der Waals surface area contributed by atoms with Gasteiger partial charge in [0.1, 0.15) is 0 Å². The van der Waals surface area contributed by atoms with Crippen LogP contribution in [0.2, 0.25) is 0 Å². The Morgan fingerprint density at radius 3 is 2.55 bits per heavy atom. The Bertz CT molecular complexity index is 467. The summed E-state index contributed by atoms with van der Waals surface area (Å²) in [5.41, 5.74) is -0.0172. The van der Waals surface area contributed by atoms with Gasteiger partial charge in [0.15, 0.2) is 0 Å². The summed E-state index contributed by atoms with van der Waals surface area (Å²) in [6.07, 6.45) is 2.41. The topological polar surface area (TPSA) is 71.0 Å². The number of carbonyl (C=O) groups excluding carboxylic acids is 2. The maximum atomic E-state index is 12.2. The van der Waals surface area contributed by atoms with Crippen LogP contribution in [0.4, 0.5) is 0 Å². The number of likely N-dealkylation sites (tertiary alicyclic amines) is 1. The highest BCUT2D eigenvalue weighted by molar-refractivity contribution is 5.94. The lowest BCUT2D eigenvalue weighted by Crippen LogP contribution is -2.48. The monoisotopic (exact) mass is 309 g/mol. The first-order valence-electron chi connectivity index (χ1n) is 8.10. The van der Waals surface area contributed by atoms with E-state index in [0.717, 1.165) is 31.6 Å². The van der Waals surface area contributed by atoms with Gasteiger partial charge in [0.05, 0.1) is 5.71 Å². The molecule has 0 bridgehead atoms. The van der Waals surface area contributed by atoms with Crippen molar-refractivity contribution >= 4 is 17.5 Å². The molecule has 2 aliphatic rings. The highest BCUT2D eigenvalue weighted by Crippen LogP contribution is 2.24. The van der Waals surface area contributed by atoms with Crippen molar-refractivity contribution in [2.45, 2.75) is 52.6 Å². The zero-order valence-corrected chi connectivity index (χ0v) is 14.0. The molecule has 2 aliphatic heterocycles. The van der Waals surface area contributed by atoms with Crippen molar-refractivity contribution in [2.75, 3.05) is 19.6 Å². The molecule has 124 valence electrons. The van der Waals surface area contributed by atoms with Gasteiger partial charge in [0.25, 0.3) is 5.91 Å². The van der Waals surface area contributed by atoms with Crippen LogP contribution in [0.1, 0.15) is 47.0 Å². The summed E-state index contributed by atoms with van der Waals surface area (Å²) in [6, 6.07) is 0. The van der Waals surface area contributed by atoms with Crippen molar-refractivity contribution in [2.24, 2.45) is 17.0 Å². The second-order valence-electron chi connectivity index (χ2n) is 6.96. The molecular weight excluding hydrogens is 282 g/mol. The van der Waals surface area contributed by atoms with E-state index in [-0.39, 0.29) is 17.7 Å². The first-order valence-corrected chi connectivity index (χ1v) is 8.10. The summed E-state index contributed by atoms with van der Waals surface area (Å²) in [7, 11) is 0. The lowest BCUT2D eigenvalue weighted by atomic mass is 9.94. The quantitative estimate of drug-likeness (QED) is 0.856. The molecule has 1 atom stereocenters. The molecule has 0 aromatic heterocycles. The Morgan fingerprint density at radius 1 is 1.41 bits per heavy atom. The zero-order valence-electron chi connectivity index (χ0n) is 14.0. The maximum absolute atomic E-state index is 12.2. The molecule has 1 fully saturated rings. The molecular formula is C16H27N3O3. The van der Waals surface area contributed by atoms with Gasteiger partial charge < -0.3 is 15.1 Å². The molecule has 0 radical (unpaired) electrons. The summed E-state index contributed by atoms with van der Waals surface area (Å²) in [5, 5.41) is 6.84. The van der Waals surface area contributed by atoms with E-state index in [9.17, 15) is 9.59 Å². The van der Waals surface area contributed by atoms with Gasteiger partial charge in [-0.1, -0.05) is 19.0 Å². The highest BCUT2D eigenvalue weighted by Gasteiger charge is 2.40. The second kappa shape index (κ2) is 6.67. The molecule has 6 heteroatoms. The first-order chi connectivity index (χ1) is 10.3. The van der Waals surface area contributed by atoms with Crippen LogP contribution in [-0.4, -0.2) is 47.7 Å². The van der Waals surface area contributed by atoms with E-state index in [1.807, 2.05) is 25.7 Å². The SMILES string of the molecule is CC1=NO[C@@](C)(C(=O)NCC2CCN(C(=O)C(C)C)CC2)C1. The fraction of sp³-hybridized carbons (Fsp3) is 0.812. The van der Waals surface area contributed by atoms with Crippen LogP contribution in [0, 0.1) is 11.8 Å². The average molecular weight is 309 g/mol. The second-order valence-corrected chi connectivity index (χ2v) is 6.96. The third kappa shape index (κ3) is 3.78. The van der Waals surface area contributed by atoms with Gasteiger partial charge >= 0.3 is 0 Å². The molecule has 0 spiro atoms. The number of hydrogen-bond acceptors (Lipinski definition) is 4. The number of hydrogen-bond donors (Lipinski definition) is 1. The standard InChI is InChI=1S/C16H27N3O3/c1-11(2)14(20)19-7-5-13(6-8-19)10-17-15(21)16(4)9-12(3)18-22-16/h11,13H,5-10H2,1-4H3,(H,17,21)/t16-/m1/s1. The fourth-order valence-electron chi connectivity index (χ4n) is 3.00. The molecule has 1 N–H and O–H groups in total. The number of carbonyl (C=O) groups is 2. The van der Waals surface area contributed by atoms with Crippen LogP contribution < -0.4 is 5.32 Å². The maximum Gasteiger partial charge on any atom is 0.267 e. The third-order valence-corrected chi connectivity index (χ3v) is 4.45. The van der Waals surface area contributed by atoms with Gasteiger partial charge in [0, 0.05) is 32.0 Å². The summed E-state index contributed by atoms with van der Waals surface area (Å²) in [6.45, 7) is 9.70. The van der Waals surface area contributed by atoms with E-state index >= 15 is 0 Å². The van der Waals surface area contributed by atoms with E-state index < -0.39 is 5.60 Å². The Kier molecular flexibility index (Phi) is 5.08. The van der Waals surface area contributed by atoms with E-state index in [1.54, 1.807) is 6.92 Å². The normalized spacial score (nSPS) is 25.9. The fourth-order valence-corrected chi connectivity index (χ4v) is 3.00. The van der Waals surface area contributed by atoms with Crippen LogP contribution in [-0.2, 0) is 14.4 Å². The van der Waals surface area contributed by atoms with Crippen molar-refractivity contribution in [1.82, 2.24) is 10.2 Å². The van der Waals surface area contributed by atoms with Gasteiger partial charge in [-0.3, -0.25) is 9.59 Å². The number of nitrogens with zero attached hydrogens (tertiary/aromatic N) is 2. The summed E-state index contributed by atoms with van der Waals surface area (Å²) in [5.74, 6) is 0.599. The van der Waals surface area contributed by atoms with Gasteiger partial charge in [-0.05, 0) is 32.6 Å². The minimum absolute atomic E-state index is 0.0546. The molecule has 0 aliphatic carbocycles. The number of amides is 2. The lowest BCUT2D eigenvalue weighted by molar-refractivity contribution is -0.142. The van der Waals surface area contributed by atoms with Crippen molar-refractivity contribution in [3.05, 3.63) is 0 Å². The minimum Gasteiger partial charge on any atom is -0.379 e. The van der Waals surface area contributed by atoms with E-state index in [1.165, 1.54) is 0 Å². The Hall–Kier alpha value is -1.59. The van der Waals surface area contributed by atoms with Crippen molar-refractivity contribution in [3.63, 3.8) is 0 Å². The summed E-state index contributed by atoms with van der Waals surface area (Å²) >= 11 is 0. The number of rotatable bonds is 4. The number of piperidine rings is 1. The Labute approximate surface area is 132 Å². The first kappa shape index (κ1) is 16.8. The van der Waals surface area contributed by atoms with Crippen LogP contribution >= 0.6 is 0 Å². The molecule has 22 heavy (non-hydrogen) atoms.